The molecule has 2 aromatic carbocycles. The van der Waals surface area contributed by atoms with E-state index < -0.39 is 12.1 Å². The van der Waals surface area contributed by atoms with Crippen LogP contribution >= 0.6 is 0 Å². The normalized spacial score (nSPS) is 12.1. The van der Waals surface area contributed by atoms with Crippen molar-refractivity contribution in [3.05, 3.63) is 78.2 Å². The standard InChI is InChI=1S/C31H40N6O4/c1-22(36-30(40)25-12-8-7-9-13-25)28(38)33-18-10-5-3-4-6-11-19-34-29(39)23(2)37-31(41)26-16-14-24(15-17-26)27-20-32-21-35-27/h7-9,12-17,20-23H,3-6,10-11,18-19H2,1-2H3,(H,32,35)(H,33,38)(H,34,39)(H,36,40)(H,37,41)/t22-,23-/m0/s1. The summed E-state index contributed by atoms with van der Waals surface area (Å²) in [5.74, 6) is -0.973. The lowest BCUT2D eigenvalue weighted by Gasteiger charge is -2.14. The monoisotopic (exact) mass is 560 g/mol. The second-order valence-electron chi connectivity index (χ2n) is 10.0. The molecule has 0 fully saturated rings. The highest BCUT2D eigenvalue weighted by molar-refractivity contribution is 5.98. The number of hydrogen-bond donors (Lipinski definition) is 5. The number of nitrogens with zero attached hydrogens (tertiary/aromatic N) is 1. The Kier molecular flexibility index (Phi) is 12.6. The first-order chi connectivity index (χ1) is 19.8. The van der Waals surface area contributed by atoms with Gasteiger partial charge in [0.25, 0.3) is 11.8 Å². The summed E-state index contributed by atoms with van der Waals surface area (Å²) in [4.78, 5) is 56.2. The maximum absolute atomic E-state index is 12.5. The summed E-state index contributed by atoms with van der Waals surface area (Å²) < 4.78 is 0. The van der Waals surface area contributed by atoms with Crippen LogP contribution in [0.2, 0.25) is 0 Å². The van der Waals surface area contributed by atoms with Gasteiger partial charge in [-0.1, -0.05) is 56.0 Å². The van der Waals surface area contributed by atoms with Gasteiger partial charge in [-0.05, 0) is 56.5 Å². The minimum absolute atomic E-state index is 0.196. The Bertz CT molecular complexity index is 1250. The number of rotatable bonds is 16. The molecule has 10 heteroatoms. The molecule has 0 saturated carbocycles. The average molecular weight is 561 g/mol. The molecule has 218 valence electrons. The van der Waals surface area contributed by atoms with Crippen molar-refractivity contribution in [2.75, 3.05) is 13.1 Å². The van der Waals surface area contributed by atoms with Gasteiger partial charge in [0, 0.05) is 24.2 Å². The SMILES string of the molecule is C[C@H](NC(=O)c1ccccc1)C(=O)NCCCCCCCCNC(=O)[C@H](C)NC(=O)c1ccc(-c2cnc[nH]2)cc1. The average Bonchev–Trinajstić information content (AvgIpc) is 3.53. The van der Waals surface area contributed by atoms with E-state index in [9.17, 15) is 19.2 Å². The Morgan fingerprint density at radius 3 is 1.66 bits per heavy atom. The van der Waals surface area contributed by atoms with E-state index in [-0.39, 0.29) is 23.6 Å². The van der Waals surface area contributed by atoms with Crippen LogP contribution in [-0.2, 0) is 9.59 Å². The van der Waals surface area contributed by atoms with Crippen molar-refractivity contribution in [1.82, 2.24) is 31.2 Å². The van der Waals surface area contributed by atoms with Gasteiger partial charge in [-0.15, -0.1) is 0 Å². The number of amides is 4. The van der Waals surface area contributed by atoms with E-state index >= 15 is 0 Å². The zero-order valence-electron chi connectivity index (χ0n) is 23.7. The first-order valence-electron chi connectivity index (χ1n) is 14.2. The van der Waals surface area contributed by atoms with E-state index in [4.69, 9.17) is 0 Å². The smallest absolute Gasteiger partial charge is 0.251 e. The van der Waals surface area contributed by atoms with Crippen LogP contribution in [0.1, 0.15) is 73.1 Å². The third-order valence-corrected chi connectivity index (χ3v) is 6.68. The molecule has 0 spiro atoms. The maximum Gasteiger partial charge on any atom is 0.251 e. The number of unbranched alkanes of at least 4 members (excludes halogenated alkanes) is 5. The summed E-state index contributed by atoms with van der Waals surface area (Å²) in [5, 5.41) is 11.2. The van der Waals surface area contributed by atoms with Crippen molar-refractivity contribution in [2.45, 2.75) is 64.5 Å². The van der Waals surface area contributed by atoms with Crippen LogP contribution in [0.4, 0.5) is 0 Å². The summed E-state index contributed by atoms with van der Waals surface area (Å²) >= 11 is 0. The highest BCUT2D eigenvalue weighted by Gasteiger charge is 2.17. The molecular weight excluding hydrogens is 520 g/mol. The molecule has 0 aliphatic carbocycles. The molecule has 0 bridgehead atoms. The maximum atomic E-state index is 12.5. The van der Waals surface area contributed by atoms with Gasteiger partial charge in [0.15, 0.2) is 0 Å². The second-order valence-corrected chi connectivity index (χ2v) is 10.0. The Labute approximate surface area is 241 Å². The predicted octanol–water partition coefficient (Wildman–Crippen LogP) is 3.59. The molecule has 0 unspecified atom stereocenters. The van der Waals surface area contributed by atoms with Crippen LogP contribution < -0.4 is 21.3 Å². The van der Waals surface area contributed by atoms with Gasteiger partial charge < -0.3 is 26.3 Å². The molecule has 0 aliphatic heterocycles. The number of nitrogens with one attached hydrogen (secondary N) is 5. The fraction of sp³-hybridized carbons (Fsp3) is 0.387. The summed E-state index contributed by atoms with van der Waals surface area (Å²) in [6.45, 7) is 4.47. The Morgan fingerprint density at radius 1 is 0.683 bits per heavy atom. The number of carbonyl (C=O) groups excluding carboxylic acids is 4. The van der Waals surface area contributed by atoms with Crippen LogP contribution in [0.3, 0.4) is 0 Å². The van der Waals surface area contributed by atoms with Crippen molar-refractivity contribution in [3.63, 3.8) is 0 Å². The van der Waals surface area contributed by atoms with Crippen molar-refractivity contribution >= 4 is 23.6 Å². The summed E-state index contributed by atoms with van der Waals surface area (Å²) in [6, 6.07) is 14.7. The van der Waals surface area contributed by atoms with Gasteiger partial charge in [-0.2, -0.15) is 0 Å². The molecule has 1 aromatic heterocycles. The van der Waals surface area contributed by atoms with Gasteiger partial charge in [-0.3, -0.25) is 19.2 Å². The number of hydrogen-bond acceptors (Lipinski definition) is 5. The van der Waals surface area contributed by atoms with Gasteiger partial charge in [0.05, 0.1) is 18.2 Å². The molecule has 0 aliphatic rings. The minimum Gasteiger partial charge on any atom is -0.354 e. The van der Waals surface area contributed by atoms with E-state index in [0.29, 0.717) is 24.2 Å². The topological polar surface area (TPSA) is 145 Å². The summed E-state index contributed by atoms with van der Waals surface area (Å²) in [6.07, 6.45) is 9.08. The van der Waals surface area contributed by atoms with Crippen LogP contribution in [0.15, 0.2) is 67.1 Å². The van der Waals surface area contributed by atoms with E-state index in [0.717, 1.165) is 49.8 Å². The Hall–Kier alpha value is -4.47. The molecule has 5 N–H and O–H groups in total. The van der Waals surface area contributed by atoms with Crippen LogP contribution in [0.5, 0.6) is 0 Å². The van der Waals surface area contributed by atoms with E-state index in [1.807, 2.05) is 18.2 Å². The minimum atomic E-state index is -0.639. The molecule has 41 heavy (non-hydrogen) atoms. The number of H-pyrrole nitrogens is 1. The van der Waals surface area contributed by atoms with Crippen LogP contribution in [0, 0.1) is 0 Å². The van der Waals surface area contributed by atoms with Crippen LogP contribution in [0.25, 0.3) is 11.3 Å². The third-order valence-electron chi connectivity index (χ3n) is 6.68. The zero-order chi connectivity index (χ0) is 29.5. The molecule has 1 heterocycles. The molecule has 0 saturated heterocycles. The molecule has 2 atom stereocenters. The molecule has 10 nitrogen and oxygen atoms in total. The quantitative estimate of drug-likeness (QED) is 0.170. The van der Waals surface area contributed by atoms with Crippen molar-refractivity contribution in [1.29, 1.82) is 0 Å². The van der Waals surface area contributed by atoms with Gasteiger partial charge >= 0.3 is 0 Å². The van der Waals surface area contributed by atoms with Crippen molar-refractivity contribution < 1.29 is 19.2 Å². The highest BCUT2D eigenvalue weighted by Crippen LogP contribution is 2.16. The number of benzene rings is 2. The van der Waals surface area contributed by atoms with Crippen LogP contribution in [-0.4, -0.2) is 58.8 Å². The number of imidazole rings is 1. The summed E-state index contributed by atoms with van der Waals surface area (Å²) in [7, 11) is 0. The lowest BCUT2D eigenvalue weighted by molar-refractivity contribution is -0.123. The lowest BCUT2D eigenvalue weighted by atomic mass is 10.1. The Morgan fingerprint density at radius 2 is 1.17 bits per heavy atom. The first kappa shape index (κ1) is 31.1. The molecule has 0 radical (unpaired) electrons. The van der Waals surface area contributed by atoms with Crippen molar-refractivity contribution in [2.24, 2.45) is 0 Å². The molecule has 3 aromatic rings. The number of aromatic amines is 1. The molecule has 4 amide bonds. The van der Waals surface area contributed by atoms with E-state index in [1.54, 1.807) is 62.8 Å². The highest BCUT2D eigenvalue weighted by atomic mass is 16.2. The fourth-order valence-electron chi connectivity index (χ4n) is 4.18. The van der Waals surface area contributed by atoms with Crippen molar-refractivity contribution in [3.8, 4) is 11.3 Å². The molecular formula is C31H40N6O4. The van der Waals surface area contributed by atoms with Gasteiger partial charge in [0.2, 0.25) is 11.8 Å². The lowest BCUT2D eigenvalue weighted by Crippen LogP contribution is -2.45. The number of carbonyl (C=O) groups is 4. The molecule has 3 rings (SSSR count). The van der Waals surface area contributed by atoms with E-state index in [2.05, 4.69) is 31.2 Å². The van der Waals surface area contributed by atoms with E-state index in [1.165, 1.54) is 0 Å². The summed E-state index contributed by atoms with van der Waals surface area (Å²) in [5.41, 5.74) is 2.80. The predicted molar refractivity (Wildman–Crippen MR) is 158 cm³/mol. The fourth-order valence-corrected chi connectivity index (χ4v) is 4.18. The Balaban J connectivity index is 1.18. The second kappa shape index (κ2) is 16.6. The van der Waals surface area contributed by atoms with Gasteiger partial charge in [-0.25, -0.2) is 4.98 Å². The first-order valence-corrected chi connectivity index (χ1v) is 14.2. The number of aromatic nitrogens is 2. The third kappa shape index (κ3) is 10.6. The zero-order valence-corrected chi connectivity index (χ0v) is 23.7. The largest absolute Gasteiger partial charge is 0.354 e. The van der Waals surface area contributed by atoms with Gasteiger partial charge in [0.1, 0.15) is 12.1 Å².